The smallest absolute Gasteiger partial charge is 0.276 e. The van der Waals surface area contributed by atoms with Gasteiger partial charge in [0.1, 0.15) is 18.1 Å². The van der Waals surface area contributed by atoms with E-state index in [1.165, 1.54) is 5.01 Å². The lowest BCUT2D eigenvalue weighted by molar-refractivity contribution is 0.0487. The standard InChI is InChI=1S/C30H25N3O6/c1-36-21-8-6-7-19(15-21)17-37-25-12-5-3-10-23(25)28-31-24-11-4-2-9-22(24)30(35)33(28)32-29(34)20-13-14-26-27(16-20)39-18-38-26/h2-16,28,31H,17-18H2,1H3,(H,32,34). The van der Waals surface area contributed by atoms with Crippen molar-refractivity contribution in [1.29, 1.82) is 0 Å². The Morgan fingerprint density at radius 1 is 0.974 bits per heavy atom. The Bertz CT molecular complexity index is 1560. The summed E-state index contributed by atoms with van der Waals surface area (Å²) in [6, 6.07) is 27.1. The second kappa shape index (κ2) is 10.3. The molecule has 1 unspecified atom stereocenters. The number of ether oxygens (including phenoxy) is 4. The molecule has 0 saturated heterocycles. The molecular weight excluding hydrogens is 498 g/mol. The molecule has 2 heterocycles. The largest absolute Gasteiger partial charge is 0.497 e. The summed E-state index contributed by atoms with van der Waals surface area (Å²) >= 11 is 0. The summed E-state index contributed by atoms with van der Waals surface area (Å²) in [6.07, 6.45) is -0.744. The Hall–Kier alpha value is -5.18. The lowest BCUT2D eigenvalue weighted by atomic mass is 10.0. The highest BCUT2D eigenvalue weighted by molar-refractivity contribution is 6.04. The maximum Gasteiger partial charge on any atom is 0.276 e. The average molecular weight is 524 g/mol. The van der Waals surface area contributed by atoms with E-state index in [1.807, 2.05) is 60.7 Å². The first-order chi connectivity index (χ1) is 19.1. The third kappa shape index (κ3) is 4.77. The molecule has 0 bridgehead atoms. The molecule has 4 aromatic rings. The van der Waals surface area contributed by atoms with E-state index in [-0.39, 0.29) is 19.3 Å². The number of nitrogens with zero attached hydrogens (tertiary/aromatic N) is 1. The minimum Gasteiger partial charge on any atom is -0.497 e. The van der Waals surface area contributed by atoms with Gasteiger partial charge in [0.2, 0.25) is 6.79 Å². The van der Waals surface area contributed by atoms with E-state index in [9.17, 15) is 9.59 Å². The number of anilines is 1. The van der Waals surface area contributed by atoms with Crippen LogP contribution in [0.15, 0.2) is 91.0 Å². The first-order valence-electron chi connectivity index (χ1n) is 12.3. The number of benzene rings is 4. The number of amides is 2. The van der Waals surface area contributed by atoms with E-state index in [0.717, 1.165) is 11.3 Å². The fraction of sp³-hybridized carbons (Fsp3) is 0.133. The summed E-state index contributed by atoms with van der Waals surface area (Å²) in [5.41, 5.74) is 5.82. The zero-order valence-corrected chi connectivity index (χ0v) is 21.0. The quantitative estimate of drug-likeness (QED) is 0.355. The van der Waals surface area contributed by atoms with Gasteiger partial charge in [-0.15, -0.1) is 0 Å². The van der Waals surface area contributed by atoms with Crippen LogP contribution in [0.4, 0.5) is 5.69 Å². The zero-order valence-electron chi connectivity index (χ0n) is 21.0. The Kier molecular flexibility index (Phi) is 6.38. The molecule has 2 amide bonds. The van der Waals surface area contributed by atoms with Crippen molar-refractivity contribution >= 4 is 17.5 Å². The second-order valence-corrected chi connectivity index (χ2v) is 8.95. The molecular formula is C30H25N3O6. The number of rotatable bonds is 7. The van der Waals surface area contributed by atoms with E-state index in [4.69, 9.17) is 18.9 Å². The van der Waals surface area contributed by atoms with Gasteiger partial charge in [-0.05, 0) is 54.1 Å². The van der Waals surface area contributed by atoms with Crippen LogP contribution < -0.4 is 29.7 Å². The lowest BCUT2D eigenvalue weighted by Crippen LogP contribution is -2.52. The molecule has 2 N–H and O–H groups in total. The van der Waals surface area contributed by atoms with E-state index < -0.39 is 12.1 Å². The van der Waals surface area contributed by atoms with Gasteiger partial charge in [-0.3, -0.25) is 15.0 Å². The third-order valence-electron chi connectivity index (χ3n) is 6.53. The van der Waals surface area contributed by atoms with Crippen LogP contribution in [0.2, 0.25) is 0 Å². The van der Waals surface area contributed by atoms with E-state index in [1.54, 1.807) is 37.4 Å². The number of fused-ring (bicyclic) bond motifs is 2. The van der Waals surface area contributed by atoms with Crippen LogP contribution in [0.3, 0.4) is 0 Å². The Balaban J connectivity index is 1.31. The first-order valence-corrected chi connectivity index (χ1v) is 12.3. The average Bonchev–Trinajstić information content (AvgIpc) is 3.46. The molecule has 0 aromatic heterocycles. The van der Waals surface area contributed by atoms with Crippen LogP contribution in [0.1, 0.15) is 38.0 Å². The monoisotopic (exact) mass is 523 g/mol. The molecule has 196 valence electrons. The highest BCUT2D eigenvalue weighted by atomic mass is 16.7. The molecule has 2 aliphatic heterocycles. The Morgan fingerprint density at radius 2 is 1.79 bits per heavy atom. The van der Waals surface area contributed by atoms with E-state index >= 15 is 0 Å². The molecule has 9 heteroatoms. The van der Waals surface area contributed by atoms with Crippen molar-refractivity contribution in [2.45, 2.75) is 12.8 Å². The number of carbonyl (C=O) groups excluding carboxylic acids is 2. The molecule has 0 saturated carbocycles. The number of hydrogen-bond donors (Lipinski definition) is 2. The minimum atomic E-state index is -0.744. The number of carbonyl (C=O) groups is 2. The minimum absolute atomic E-state index is 0.0976. The number of nitrogens with one attached hydrogen (secondary N) is 2. The van der Waals surface area contributed by atoms with Crippen molar-refractivity contribution in [2.24, 2.45) is 0 Å². The van der Waals surface area contributed by atoms with Gasteiger partial charge < -0.3 is 24.3 Å². The van der Waals surface area contributed by atoms with Crippen LogP contribution in [0, 0.1) is 0 Å². The molecule has 6 rings (SSSR count). The SMILES string of the molecule is COc1cccc(COc2ccccc2C2Nc3ccccc3C(=O)N2NC(=O)c2ccc3c(c2)OCO3)c1. The molecule has 4 aromatic carbocycles. The lowest BCUT2D eigenvalue weighted by Gasteiger charge is -2.38. The maximum atomic E-state index is 13.7. The van der Waals surface area contributed by atoms with Gasteiger partial charge in [0.05, 0.1) is 12.7 Å². The predicted molar refractivity (Wildman–Crippen MR) is 143 cm³/mol. The summed E-state index contributed by atoms with van der Waals surface area (Å²) in [5, 5.41) is 4.69. The normalized spacial score (nSPS) is 15.3. The number of hydrazine groups is 1. The van der Waals surface area contributed by atoms with Crippen LogP contribution in [0.25, 0.3) is 0 Å². The summed E-state index contributed by atoms with van der Waals surface area (Å²) in [7, 11) is 1.62. The second-order valence-electron chi connectivity index (χ2n) is 8.95. The summed E-state index contributed by atoms with van der Waals surface area (Å²) in [4.78, 5) is 27.0. The van der Waals surface area contributed by atoms with Gasteiger partial charge in [0.25, 0.3) is 11.8 Å². The molecule has 0 aliphatic carbocycles. The van der Waals surface area contributed by atoms with Gasteiger partial charge in [-0.25, -0.2) is 5.01 Å². The van der Waals surface area contributed by atoms with Gasteiger partial charge >= 0.3 is 0 Å². The number of hydrogen-bond acceptors (Lipinski definition) is 7. The molecule has 1 atom stereocenters. The van der Waals surface area contributed by atoms with Crippen LogP contribution in [0.5, 0.6) is 23.0 Å². The van der Waals surface area contributed by atoms with Gasteiger partial charge in [-0.2, -0.15) is 0 Å². The molecule has 0 radical (unpaired) electrons. The van der Waals surface area contributed by atoms with Gasteiger partial charge in [-0.1, -0.05) is 42.5 Å². The fourth-order valence-electron chi connectivity index (χ4n) is 4.56. The maximum absolute atomic E-state index is 13.7. The van der Waals surface area contributed by atoms with Gasteiger partial charge in [0.15, 0.2) is 17.7 Å². The van der Waals surface area contributed by atoms with Crippen LogP contribution in [-0.4, -0.2) is 30.7 Å². The third-order valence-corrected chi connectivity index (χ3v) is 6.53. The van der Waals surface area contributed by atoms with E-state index in [0.29, 0.717) is 39.6 Å². The van der Waals surface area contributed by atoms with Crippen LogP contribution >= 0.6 is 0 Å². The van der Waals surface area contributed by atoms with Crippen molar-refractivity contribution in [1.82, 2.24) is 10.4 Å². The highest BCUT2D eigenvalue weighted by Gasteiger charge is 2.36. The summed E-state index contributed by atoms with van der Waals surface area (Å²) < 4.78 is 22.3. The van der Waals surface area contributed by atoms with Crippen molar-refractivity contribution in [3.05, 3.63) is 113 Å². The molecule has 0 fully saturated rings. The van der Waals surface area contributed by atoms with Crippen molar-refractivity contribution in [3.8, 4) is 23.0 Å². The summed E-state index contributed by atoms with van der Waals surface area (Å²) in [6.45, 7) is 0.384. The molecule has 0 spiro atoms. The summed E-state index contributed by atoms with van der Waals surface area (Å²) in [5.74, 6) is 1.51. The predicted octanol–water partition coefficient (Wildman–Crippen LogP) is 4.91. The van der Waals surface area contributed by atoms with Crippen molar-refractivity contribution < 1.29 is 28.5 Å². The Labute approximate surface area is 224 Å². The topological polar surface area (TPSA) is 98.4 Å². The first kappa shape index (κ1) is 24.2. The fourth-order valence-corrected chi connectivity index (χ4v) is 4.56. The molecule has 2 aliphatic rings. The number of methoxy groups -OCH3 is 1. The van der Waals surface area contributed by atoms with E-state index in [2.05, 4.69) is 10.7 Å². The molecule has 9 nitrogen and oxygen atoms in total. The zero-order chi connectivity index (χ0) is 26.8. The number of para-hydroxylation sites is 2. The van der Waals surface area contributed by atoms with Crippen molar-refractivity contribution in [3.63, 3.8) is 0 Å². The van der Waals surface area contributed by atoms with Crippen molar-refractivity contribution in [2.75, 3.05) is 19.2 Å². The van der Waals surface area contributed by atoms with Gasteiger partial charge in [0, 0.05) is 16.8 Å². The Morgan fingerprint density at radius 3 is 2.69 bits per heavy atom. The van der Waals surface area contributed by atoms with Crippen LogP contribution in [-0.2, 0) is 6.61 Å². The highest BCUT2D eigenvalue weighted by Crippen LogP contribution is 2.37. The molecule has 39 heavy (non-hydrogen) atoms.